The maximum absolute atomic E-state index is 2.64. The fraction of sp³-hybridized carbons (Fsp3) is 0.153. The second-order valence-electron chi connectivity index (χ2n) is 20.3. The Morgan fingerprint density at radius 3 is 1.32 bits per heavy atom. The second-order valence-corrected chi connectivity index (χ2v) is 24.6. The Morgan fingerprint density at radius 1 is 0.424 bits per heavy atom. The SMILES string of the molecule is Cc1cc2c3c(c1)N(c1cccc(-c4cc5ccccc5s4)c1)c1c(sc4ccc(C(C)(C)C)cc14)B3c1sc3ccc(C(C)(C)C)cc3c1N2c1cccc(-c2cc3ccccc3s2)c1. The van der Waals surface area contributed by atoms with Gasteiger partial charge in [-0.1, -0.05) is 114 Å². The van der Waals surface area contributed by atoms with Crippen molar-refractivity contribution in [2.45, 2.75) is 59.3 Å². The van der Waals surface area contributed by atoms with Crippen LogP contribution in [-0.2, 0) is 10.8 Å². The Bertz CT molecular complexity index is 3480. The molecular formula is C59H47BN2S4. The van der Waals surface area contributed by atoms with Gasteiger partial charge in [-0.15, -0.1) is 45.3 Å². The molecule has 0 spiro atoms. The number of fused-ring (bicyclic) bond motifs is 10. The molecule has 320 valence electrons. The molecular weight excluding hydrogens is 876 g/mol. The first kappa shape index (κ1) is 40.3. The van der Waals surface area contributed by atoms with Gasteiger partial charge in [0, 0.05) is 71.6 Å². The summed E-state index contributed by atoms with van der Waals surface area (Å²) in [4.78, 5) is 7.86. The van der Waals surface area contributed by atoms with Gasteiger partial charge in [0.05, 0.1) is 11.4 Å². The van der Waals surface area contributed by atoms with Crippen LogP contribution in [0, 0.1) is 6.92 Å². The molecule has 2 nitrogen and oxygen atoms in total. The highest BCUT2D eigenvalue weighted by atomic mass is 32.1. The molecule has 66 heavy (non-hydrogen) atoms. The van der Waals surface area contributed by atoms with Crippen molar-refractivity contribution in [3.05, 3.63) is 174 Å². The van der Waals surface area contributed by atoms with Crippen molar-refractivity contribution in [3.63, 3.8) is 0 Å². The lowest BCUT2D eigenvalue weighted by Gasteiger charge is -2.42. The number of hydrogen-bond acceptors (Lipinski definition) is 6. The van der Waals surface area contributed by atoms with Crippen molar-refractivity contribution >= 4 is 142 Å². The molecule has 0 fully saturated rings. The highest BCUT2D eigenvalue weighted by Crippen LogP contribution is 2.52. The van der Waals surface area contributed by atoms with Gasteiger partial charge < -0.3 is 9.80 Å². The van der Waals surface area contributed by atoms with E-state index in [1.807, 2.05) is 45.3 Å². The molecule has 2 aliphatic rings. The van der Waals surface area contributed by atoms with E-state index in [2.05, 4.69) is 216 Å². The summed E-state index contributed by atoms with van der Waals surface area (Å²) < 4.78 is 8.14. The summed E-state index contributed by atoms with van der Waals surface area (Å²) in [5, 5.41) is 5.25. The van der Waals surface area contributed by atoms with Crippen LogP contribution in [0.5, 0.6) is 0 Å². The largest absolute Gasteiger partial charge is 0.310 e. The van der Waals surface area contributed by atoms with Crippen LogP contribution >= 0.6 is 45.3 Å². The van der Waals surface area contributed by atoms with Crippen LogP contribution in [0.3, 0.4) is 0 Å². The van der Waals surface area contributed by atoms with Gasteiger partial charge in [-0.25, -0.2) is 0 Å². The molecule has 0 aliphatic carbocycles. The first-order valence-electron chi connectivity index (χ1n) is 22.9. The summed E-state index contributed by atoms with van der Waals surface area (Å²) in [6.45, 7) is 16.4. The Morgan fingerprint density at radius 2 is 0.879 bits per heavy atom. The summed E-state index contributed by atoms with van der Waals surface area (Å²) in [6.07, 6.45) is 0. The number of thiophene rings is 4. The van der Waals surface area contributed by atoms with Crippen LogP contribution in [0.4, 0.5) is 34.1 Å². The molecule has 6 heterocycles. The molecule has 11 aromatic rings. The number of anilines is 6. The maximum atomic E-state index is 2.64. The van der Waals surface area contributed by atoms with Crippen molar-refractivity contribution in [2.75, 3.05) is 9.80 Å². The van der Waals surface area contributed by atoms with Crippen LogP contribution in [-0.4, -0.2) is 6.71 Å². The molecule has 0 N–H and O–H groups in total. The minimum atomic E-state index is 0.00435. The molecule has 0 bridgehead atoms. The van der Waals surface area contributed by atoms with Crippen LogP contribution in [0.1, 0.15) is 58.2 Å². The van der Waals surface area contributed by atoms with E-state index in [1.54, 1.807) is 0 Å². The van der Waals surface area contributed by atoms with Crippen LogP contribution in [0.15, 0.2) is 158 Å². The fourth-order valence-electron chi connectivity index (χ4n) is 10.4. The van der Waals surface area contributed by atoms with Gasteiger partial charge in [-0.3, -0.25) is 0 Å². The Labute approximate surface area is 403 Å². The lowest BCUT2D eigenvalue weighted by Crippen LogP contribution is -2.59. The number of hydrogen-bond donors (Lipinski definition) is 0. The predicted octanol–water partition coefficient (Wildman–Crippen LogP) is 16.9. The number of benzene rings is 7. The quantitative estimate of drug-likeness (QED) is 0.162. The topological polar surface area (TPSA) is 6.48 Å². The molecule has 7 heteroatoms. The first-order chi connectivity index (χ1) is 31.9. The number of nitrogens with zero attached hydrogens (tertiary/aromatic N) is 2. The minimum absolute atomic E-state index is 0.00435. The summed E-state index contributed by atoms with van der Waals surface area (Å²) in [6, 6.07) is 60.4. The summed E-state index contributed by atoms with van der Waals surface area (Å²) in [5.74, 6) is 0. The zero-order valence-corrected chi connectivity index (χ0v) is 41.4. The highest BCUT2D eigenvalue weighted by Gasteiger charge is 2.47. The Hall–Kier alpha value is -5.96. The Kier molecular flexibility index (Phi) is 8.87. The van der Waals surface area contributed by atoms with E-state index in [1.165, 1.54) is 127 Å². The molecule has 4 aromatic heterocycles. The van der Waals surface area contributed by atoms with E-state index >= 15 is 0 Å². The van der Waals surface area contributed by atoms with Crippen molar-refractivity contribution in [1.29, 1.82) is 0 Å². The summed E-state index contributed by atoms with van der Waals surface area (Å²) in [5.41, 5.74) is 15.4. The molecule has 13 rings (SSSR count). The van der Waals surface area contributed by atoms with Gasteiger partial charge in [0.1, 0.15) is 0 Å². The lowest BCUT2D eigenvalue weighted by atomic mass is 9.39. The highest BCUT2D eigenvalue weighted by molar-refractivity contribution is 7.40. The van der Waals surface area contributed by atoms with E-state index in [0.29, 0.717) is 0 Å². The lowest BCUT2D eigenvalue weighted by molar-refractivity contribution is 0.591. The van der Waals surface area contributed by atoms with Crippen LogP contribution in [0.2, 0.25) is 0 Å². The van der Waals surface area contributed by atoms with Crippen molar-refractivity contribution in [1.82, 2.24) is 0 Å². The third kappa shape index (κ3) is 6.24. The molecule has 0 radical (unpaired) electrons. The third-order valence-electron chi connectivity index (χ3n) is 13.8. The Balaban J connectivity index is 1.11. The van der Waals surface area contributed by atoms with Gasteiger partial charge >= 0.3 is 0 Å². The molecule has 7 aromatic carbocycles. The van der Waals surface area contributed by atoms with E-state index in [-0.39, 0.29) is 17.5 Å². The van der Waals surface area contributed by atoms with Crippen molar-refractivity contribution in [3.8, 4) is 20.9 Å². The smallest absolute Gasteiger partial charge is 0.277 e. The van der Waals surface area contributed by atoms with Gasteiger partial charge in [-0.05, 0) is 147 Å². The molecule has 0 saturated carbocycles. The molecule has 0 saturated heterocycles. The van der Waals surface area contributed by atoms with E-state index in [4.69, 9.17) is 0 Å². The van der Waals surface area contributed by atoms with Gasteiger partial charge in [0.15, 0.2) is 0 Å². The maximum Gasteiger partial charge on any atom is 0.277 e. The first-order valence-corrected chi connectivity index (χ1v) is 26.2. The molecule has 0 atom stereocenters. The average Bonchev–Trinajstić information content (AvgIpc) is 4.11. The summed E-state index contributed by atoms with van der Waals surface area (Å²) >= 11 is 7.74. The number of rotatable bonds is 4. The standard InChI is InChI=1S/C59H47BN2S4/c1-34-26-45-53-46(27-34)62(42-19-13-17-36(29-42)52-31-38-15-9-11-21-48(38)64-52)55-44-33-40(59(5,6)7)23-25-50(44)66-57(55)60(53)56-54(43-32-39(58(2,3)4)22-24-49(43)65-56)61(45)41-18-12-16-35(28-41)51-30-37-14-8-10-20-47(37)63-51/h8-33H,1-7H3. The fourth-order valence-corrected chi connectivity index (χ4v) is 15.2. The van der Waals surface area contributed by atoms with E-state index in [0.717, 1.165) is 0 Å². The van der Waals surface area contributed by atoms with E-state index in [9.17, 15) is 0 Å². The second kappa shape index (κ2) is 14.5. The zero-order valence-electron chi connectivity index (χ0n) is 38.1. The normalized spacial score (nSPS) is 13.6. The van der Waals surface area contributed by atoms with Gasteiger partial charge in [0.25, 0.3) is 6.71 Å². The van der Waals surface area contributed by atoms with Crippen molar-refractivity contribution in [2.24, 2.45) is 0 Å². The monoisotopic (exact) mass is 922 g/mol. The van der Waals surface area contributed by atoms with E-state index < -0.39 is 0 Å². The molecule has 0 amide bonds. The third-order valence-corrected chi connectivity index (χ3v) is 18.5. The summed E-state index contributed by atoms with van der Waals surface area (Å²) in [7, 11) is 0. The molecule has 2 aliphatic heterocycles. The van der Waals surface area contributed by atoms with Crippen LogP contribution < -0.4 is 24.8 Å². The van der Waals surface area contributed by atoms with Crippen molar-refractivity contribution < 1.29 is 0 Å². The molecule has 0 unspecified atom stereocenters. The predicted molar refractivity (Wildman–Crippen MR) is 295 cm³/mol. The van der Waals surface area contributed by atoms with Gasteiger partial charge in [-0.2, -0.15) is 0 Å². The minimum Gasteiger partial charge on any atom is -0.310 e. The zero-order chi connectivity index (χ0) is 44.8. The van der Waals surface area contributed by atoms with Crippen LogP contribution in [0.25, 0.3) is 61.2 Å². The van der Waals surface area contributed by atoms with Gasteiger partial charge in [0.2, 0.25) is 0 Å². The average molecular weight is 923 g/mol. The number of aryl methyl sites for hydroxylation is 1.